The number of rotatable bonds is 8. The summed E-state index contributed by atoms with van der Waals surface area (Å²) in [6.45, 7) is 1.64. The maximum absolute atomic E-state index is 12.5. The summed E-state index contributed by atoms with van der Waals surface area (Å²) in [5.74, 6) is -1.42. The SMILES string of the molecule is Cc1ccc(S(=O)(=O)C(COCCc2ccc(Cl)cc2)C(=O)O)cc1. The van der Waals surface area contributed by atoms with Crippen LogP contribution in [-0.4, -0.2) is 38.0 Å². The Morgan fingerprint density at radius 3 is 2.28 bits per heavy atom. The highest BCUT2D eigenvalue weighted by molar-refractivity contribution is 7.92. The van der Waals surface area contributed by atoms with Crippen LogP contribution in [0.1, 0.15) is 11.1 Å². The van der Waals surface area contributed by atoms with Gasteiger partial charge in [-0.15, -0.1) is 0 Å². The van der Waals surface area contributed by atoms with Crippen LogP contribution in [-0.2, 0) is 25.8 Å². The summed E-state index contributed by atoms with van der Waals surface area (Å²) in [7, 11) is -4.01. The topological polar surface area (TPSA) is 80.7 Å². The molecule has 0 amide bonds. The van der Waals surface area contributed by atoms with Gasteiger partial charge in [0.2, 0.25) is 0 Å². The van der Waals surface area contributed by atoms with E-state index >= 15 is 0 Å². The molecular formula is C18H19ClO5S. The highest BCUT2D eigenvalue weighted by Crippen LogP contribution is 2.18. The second-order valence-corrected chi connectivity index (χ2v) is 8.20. The zero-order chi connectivity index (χ0) is 18.4. The normalized spacial score (nSPS) is 12.7. The third-order valence-corrected chi connectivity index (χ3v) is 5.99. The number of carbonyl (C=O) groups is 1. The van der Waals surface area contributed by atoms with Crippen molar-refractivity contribution >= 4 is 27.4 Å². The fourth-order valence-corrected chi connectivity index (χ4v) is 3.73. The van der Waals surface area contributed by atoms with E-state index in [2.05, 4.69) is 0 Å². The fourth-order valence-electron chi connectivity index (χ4n) is 2.22. The van der Waals surface area contributed by atoms with Gasteiger partial charge in [-0.1, -0.05) is 41.4 Å². The van der Waals surface area contributed by atoms with Gasteiger partial charge >= 0.3 is 5.97 Å². The van der Waals surface area contributed by atoms with Crippen LogP contribution in [0.5, 0.6) is 0 Å². The predicted octanol–water partition coefficient (Wildman–Crippen LogP) is 3.13. The van der Waals surface area contributed by atoms with E-state index in [4.69, 9.17) is 16.3 Å². The molecule has 134 valence electrons. The summed E-state index contributed by atoms with van der Waals surface area (Å²) in [6.07, 6.45) is 0.536. The van der Waals surface area contributed by atoms with Gasteiger partial charge < -0.3 is 9.84 Å². The highest BCUT2D eigenvalue weighted by atomic mass is 35.5. The molecule has 2 aromatic rings. The summed E-state index contributed by atoms with van der Waals surface area (Å²) in [4.78, 5) is 11.4. The average Bonchev–Trinajstić information content (AvgIpc) is 2.56. The van der Waals surface area contributed by atoms with Crippen LogP contribution in [0.4, 0.5) is 0 Å². The lowest BCUT2D eigenvalue weighted by atomic mass is 10.2. The Bertz CT molecular complexity index is 814. The van der Waals surface area contributed by atoms with E-state index < -0.39 is 27.7 Å². The Labute approximate surface area is 152 Å². The summed E-state index contributed by atoms with van der Waals surface area (Å²) in [5, 5.41) is 8.28. The monoisotopic (exact) mass is 382 g/mol. The molecule has 2 rings (SSSR count). The molecule has 1 atom stereocenters. The Morgan fingerprint density at radius 1 is 1.12 bits per heavy atom. The number of hydrogen-bond donors (Lipinski definition) is 1. The molecule has 0 spiro atoms. The first-order valence-electron chi connectivity index (χ1n) is 7.66. The number of ether oxygens (including phenoxy) is 1. The third kappa shape index (κ3) is 5.29. The molecule has 0 aliphatic carbocycles. The first-order valence-corrected chi connectivity index (χ1v) is 9.58. The van der Waals surface area contributed by atoms with E-state index in [-0.39, 0.29) is 11.5 Å². The van der Waals surface area contributed by atoms with Gasteiger partial charge in [0.25, 0.3) is 0 Å². The Kier molecular flexibility index (Phi) is 6.58. The van der Waals surface area contributed by atoms with Crippen LogP contribution >= 0.6 is 11.6 Å². The lowest BCUT2D eigenvalue weighted by molar-refractivity contribution is -0.137. The van der Waals surface area contributed by atoms with Gasteiger partial charge in [-0.2, -0.15) is 0 Å². The molecule has 2 aromatic carbocycles. The number of aliphatic carboxylic acids is 1. The number of sulfone groups is 1. The molecule has 0 aliphatic rings. The lowest BCUT2D eigenvalue weighted by Gasteiger charge is -2.14. The summed E-state index contributed by atoms with van der Waals surface area (Å²) in [6, 6.07) is 13.3. The van der Waals surface area contributed by atoms with E-state index in [9.17, 15) is 18.3 Å². The summed E-state index contributed by atoms with van der Waals surface area (Å²) < 4.78 is 30.4. The number of carboxylic acids is 1. The van der Waals surface area contributed by atoms with E-state index in [1.807, 2.05) is 19.1 Å². The number of halogens is 1. The van der Waals surface area contributed by atoms with Gasteiger partial charge in [0, 0.05) is 5.02 Å². The third-order valence-electron chi connectivity index (χ3n) is 3.72. The van der Waals surface area contributed by atoms with Gasteiger partial charge in [0.15, 0.2) is 15.1 Å². The molecule has 1 N–H and O–H groups in total. The minimum Gasteiger partial charge on any atom is -0.480 e. The van der Waals surface area contributed by atoms with Gasteiger partial charge in [-0.05, 0) is 43.2 Å². The van der Waals surface area contributed by atoms with E-state index in [0.29, 0.717) is 11.4 Å². The molecule has 0 saturated heterocycles. The van der Waals surface area contributed by atoms with Crippen LogP contribution < -0.4 is 0 Å². The van der Waals surface area contributed by atoms with Crippen molar-refractivity contribution in [2.45, 2.75) is 23.5 Å². The van der Waals surface area contributed by atoms with Gasteiger partial charge in [-0.3, -0.25) is 4.79 Å². The van der Waals surface area contributed by atoms with Crippen molar-refractivity contribution in [3.8, 4) is 0 Å². The van der Waals surface area contributed by atoms with Gasteiger partial charge in [0.05, 0.1) is 18.1 Å². The molecule has 0 saturated carbocycles. The lowest BCUT2D eigenvalue weighted by Crippen LogP contribution is -2.35. The molecule has 0 bridgehead atoms. The smallest absolute Gasteiger partial charge is 0.324 e. The van der Waals surface area contributed by atoms with Gasteiger partial charge in [-0.25, -0.2) is 8.42 Å². The Balaban J connectivity index is 1.99. The molecule has 0 radical (unpaired) electrons. The summed E-state index contributed by atoms with van der Waals surface area (Å²) in [5.41, 5.74) is 1.86. The fraction of sp³-hybridized carbons (Fsp3) is 0.278. The molecule has 1 unspecified atom stereocenters. The zero-order valence-electron chi connectivity index (χ0n) is 13.7. The molecule has 0 aromatic heterocycles. The second-order valence-electron chi connectivity index (χ2n) is 5.64. The largest absolute Gasteiger partial charge is 0.480 e. The van der Waals surface area contributed by atoms with Crippen molar-refractivity contribution in [1.29, 1.82) is 0 Å². The van der Waals surface area contributed by atoms with Crippen LogP contribution in [0.25, 0.3) is 0 Å². The van der Waals surface area contributed by atoms with Crippen LogP contribution in [0.3, 0.4) is 0 Å². The van der Waals surface area contributed by atoms with Crippen molar-refractivity contribution < 1.29 is 23.1 Å². The average molecular weight is 383 g/mol. The highest BCUT2D eigenvalue weighted by Gasteiger charge is 2.34. The van der Waals surface area contributed by atoms with Gasteiger partial charge in [0.1, 0.15) is 0 Å². The second kappa shape index (κ2) is 8.47. The number of carboxylic acid groups (broad SMARTS) is 1. The van der Waals surface area contributed by atoms with E-state index in [1.54, 1.807) is 24.3 Å². The minimum absolute atomic E-state index is 0.0215. The van der Waals surface area contributed by atoms with Crippen molar-refractivity contribution in [2.24, 2.45) is 0 Å². The van der Waals surface area contributed by atoms with E-state index in [0.717, 1.165) is 11.1 Å². The maximum Gasteiger partial charge on any atom is 0.324 e. The Hall–Kier alpha value is -1.89. The standard InChI is InChI=1S/C18H19ClO5S/c1-13-2-8-16(9-3-13)25(22,23)17(18(20)21)12-24-11-10-14-4-6-15(19)7-5-14/h2-9,17H,10-12H2,1H3,(H,20,21). The zero-order valence-corrected chi connectivity index (χ0v) is 15.3. The molecule has 0 aliphatic heterocycles. The number of benzene rings is 2. The number of hydrogen-bond acceptors (Lipinski definition) is 4. The van der Waals surface area contributed by atoms with Crippen LogP contribution in [0, 0.1) is 6.92 Å². The molecule has 7 heteroatoms. The minimum atomic E-state index is -4.01. The number of aryl methyl sites for hydroxylation is 1. The first-order chi connectivity index (χ1) is 11.8. The molecule has 25 heavy (non-hydrogen) atoms. The van der Waals surface area contributed by atoms with Crippen LogP contribution in [0.15, 0.2) is 53.4 Å². The quantitative estimate of drug-likeness (QED) is 0.709. The molecule has 5 nitrogen and oxygen atoms in total. The van der Waals surface area contributed by atoms with E-state index in [1.165, 1.54) is 12.1 Å². The molecule has 0 fully saturated rings. The molecule has 0 heterocycles. The van der Waals surface area contributed by atoms with Crippen LogP contribution in [0.2, 0.25) is 5.02 Å². The predicted molar refractivity (Wildman–Crippen MR) is 95.8 cm³/mol. The Morgan fingerprint density at radius 2 is 1.72 bits per heavy atom. The van der Waals surface area contributed by atoms with Crippen molar-refractivity contribution in [3.05, 3.63) is 64.7 Å². The summed E-state index contributed by atoms with van der Waals surface area (Å²) >= 11 is 5.80. The first kappa shape index (κ1) is 19.4. The van der Waals surface area contributed by atoms with Crippen molar-refractivity contribution in [2.75, 3.05) is 13.2 Å². The van der Waals surface area contributed by atoms with Crippen molar-refractivity contribution in [3.63, 3.8) is 0 Å². The van der Waals surface area contributed by atoms with Crippen molar-refractivity contribution in [1.82, 2.24) is 0 Å². The maximum atomic E-state index is 12.5. The molecular weight excluding hydrogens is 364 g/mol.